The smallest absolute Gasteiger partial charge is 0.408 e. The van der Waals surface area contributed by atoms with Crippen LogP contribution in [0.4, 0.5) is 0 Å². The molecule has 1 N–H and O–H groups in total. The van der Waals surface area contributed by atoms with Gasteiger partial charge in [-0.3, -0.25) is 4.57 Å². The highest BCUT2D eigenvalue weighted by Crippen LogP contribution is 2.36. The van der Waals surface area contributed by atoms with E-state index in [2.05, 4.69) is 18.3 Å². The summed E-state index contributed by atoms with van der Waals surface area (Å²) in [6.07, 6.45) is 6.15. The molecule has 1 unspecified atom stereocenters. The zero-order valence-corrected chi connectivity index (χ0v) is 12.9. The molecule has 0 bridgehead atoms. The van der Waals surface area contributed by atoms with Crippen LogP contribution in [-0.2, 0) is 6.54 Å². The number of nitrogens with one attached hydrogen (secondary N) is 1. The van der Waals surface area contributed by atoms with Crippen molar-refractivity contribution >= 4 is 11.1 Å². The molecule has 0 aliphatic heterocycles. The van der Waals surface area contributed by atoms with E-state index in [9.17, 15) is 4.79 Å². The lowest BCUT2D eigenvalue weighted by Gasteiger charge is -2.23. The van der Waals surface area contributed by atoms with Crippen LogP contribution in [0.15, 0.2) is 27.4 Å². The predicted molar refractivity (Wildman–Crippen MR) is 84.5 cm³/mol. The van der Waals surface area contributed by atoms with Crippen LogP contribution in [0.25, 0.3) is 11.1 Å². The Balaban J connectivity index is 1.98. The van der Waals surface area contributed by atoms with Gasteiger partial charge in [0, 0.05) is 12.6 Å². The zero-order chi connectivity index (χ0) is 14.8. The van der Waals surface area contributed by atoms with Crippen molar-refractivity contribution in [2.45, 2.75) is 51.6 Å². The van der Waals surface area contributed by atoms with Gasteiger partial charge in [-0.25, -0.2) is 4.79 Å². The second-order valence-corrected chi connectivity index (χ2v) is 6.06. The normalized spacial score (nSPS) is 17.6. The Morgan fingerprint density at radius 2 is 2.14 bits per heavy atom. The summed E-state index contributed by atoms with van der Waals surface area (Å²) in [5.74, 6) is 0.447. The molecule has 0 radical (unpaired) electrons. The quantitative estimate of drug-likeness (QED) is 0.916. The molecule has 1 atom stereocenters. The SMILES string of the molecule is CCCn1c(=O)oc2cc(C(NC)C3CCCC3)ccc21. The van der Waals surface area contributed by atoms with Gasteiger partial charge < -0.3 is 9.73 Å². The summed E-state index contributed by atoms with van der Waals surface area (Å²) in [6.45, 7) is 2.78. The number of nitrogens with zero attached hydrogens (tertiary/aromatic N) is 1. The minimum absolute atomic E-state index is 0.245. The number of benzene rings is 1. The third-order valence-corrected chi connectivity index (χ3v) is 4.68. The number of aryl methyl sites for hydroxylation is 1. The molecule has 0 amide bonds. The van der Waals surface area contributed by atoms with Gasteiger partial charge >= 0.3 is 5.76 Å². The summed E-state index contributed by atoms with van der Waals surface area (Å²) in [5, 5.41) is 3.44. The van der Waals surface area contributed by atoms with Crippen molar-refractivity contribution in [1.29, 1.82) is 0 Å². The van der Waals surface area contributed by atoms with Crippen LogP contribution in [0.1, 0.15) is 50.6 Å². The van der Waals surface area contributed by atoms with E-state index in [1.54, 1.807) is 4.57 Å². The lowest BCUT2D eigenvalue weighted by molar-refractivity contribution is 0.390. The van der Waals surface area contributed by atoms with Crippen molar-refractivity contribution in [2.24, 2.45) is 5.92 Å². The first-order chi connectivity index (χ1) is 10.2. The second kappa shape index (κ2) is 6.06. The van der Waals surface area contributed by atoms with Crippen LogP contribution in [0.5, 0.6) is 0 Å². The van der Waals surface area contributed by atoms with Crippen molar-refractivity contribution in [3.63, 3.8) is 0 Å². The van der Waals surface area contributed by atoms with E-state index in [4.69, 9.17) is 4.42 Å². The molecule has 1 heterocycles. The molecule has 4 nitrogen and oxygen atoms in total. The summed E-state index contributed by atoms with van der Waals surface area (Å²) in [6, 6.07) is 6.58. The molecule has 1 aliphatic carbocycles. The third-order valence-electron chi connectivity index (χ3n) is 4.68. The third kappa shape index (κ3) is 2.64. The van der Waals surface area contributed by atoms with Gasteiger partial charge in [0.15, 0.2) is 5.58 Å². The molecule has 114 valence electrons. The highest BCUT2D eigenvalue weighted by Gasteiger charge is 2.25. The van der Waals surface area contributed by atoms with E-state index in [0.29, 0.717) is 24.1 Å². The topological polar surface area (TPSA) is 47.2 Å². The van der Waals surface area contributed by atoms with Crippen LogP contribution in [-0.4, -0.2) is 11.6 Å². The lowest BCUT2D eigenvalue weighted by atomic mass is 9.91. The number of rotatable bonds is 5. The molecule has 1 aromatic carbocycles. The van der Waals surface area contributed by atoms with Crippen molar-refractivity contribution in [2.75, 3.05) is 7.05 Å². The molecule has 1 aromatic heterocycles. The first-order valence-corrected chi connectivity index (χ1v) is 8.05. The molecule has 0 spiro atoms. The maximum atomic E-state index is 11.9. The van der Waals surface area contributed by atoms with E-state index in [-0.39, 0.29) is 5.76 Å². The van der Waals surface area contributed by atoms with Gasteiger partial charge in [0.05, 0.1) is 5.52 Å². The van der Waals surface area contributed by atoms with Crippen LogP contribution in [0, 0.1) is 5.92 Å². The van der Waals surface area contributed by atoms with Crippen LogP contribution in [0.2, 0.25) is 0 Å². The molecule has 1 saturated carbocycles. The van der Waals surface area contributed by atoms with E-state index in [1.807, 2.05) is 19.2 Å². The van der Waals surface area contributed by atoms with Crippen LogP contribution < -0.4 is 11.1 Å². The van der Waals surface area contributed by atoms with Gasteiger partial charge in [0.25, 0.3) is 0 Å². The van der Waals surface area contributed by atoms with E-state index >= 15 is 0 Å². The number of hydrogen-bond donors (Lipinski definition) is 1. The van der Waals surface area contributed by atoms with Gasteiger partial charge in [-0.05, 0) is 49.9 Å². The fourth-order valence-corrected chi connectivity index (χ4v) is 3.68. The van der Waals surface area contributed by atoms with E-state index < -0.39 is 0 Å². The van der Waals surface area contributed by atoms with Crippen molar-refractivity contribution in [3.8, 4) is 0 Å². The molecule has 3 rings (SSSR count). The molecule has 4 heteroatoms. The predicted octanol–water partition coefficient (Wildman–Crippen LogP) is 3.46. The fourth-order valence-electron chi connectivity index (χ4n) is 3.68. The molecule has 21 heavy (non-hydrogen) atoms. The Bertz CT molecular complexity index is 665. The highest BCUT2D eigenvalue weighted by molar-refractivity contribution is 5.74. The van der Waals surface area contributed by atoms with Crippen molar-refractivity contribution in [3.05, 3.63) is 34.3 Å². The first kappa shape index (κ1) is 14.4. The average molecular weight is 288 g/mol. The number of fused-ring (bicyclic) bond motifs is 1. The zero-order valence-electron chi connectivity index (χ0n) is 12.9. The Hall–Kier alpha value is -1.55. The van der Waals surface area contributed by atoms with Crippen LogP contribution >= 0.6 is 0 Å². The standard InChI is InChI=1S/C17H24N2O2/c1-3-10-19-14-9-8-13(11-15(14)21-17(19)20)16(18-2)12-6-4-5-7-12/h8-9,11-12,16,18H,3-7,10H2,1-2H3. The highest BCUT2D eigenvalue weighted by atomic mass is 16.4. The maximum Gasteiger partial charge on any atom is 0.419 e. The summed E-state index contributed by atoms with van der Waals surface area (Å²) >= 11 is 0. The first-order valence-electron chi connectivity index (χ1n) is 8.05. The van der Waals surface area contributed by atoms with E-state index in [0.717, 1.165) is 11.9 Å². The van der Waals surface area contributed by atoms with Crippen LogP contribution in [0.3, 0.4) is 0 Å². The van der Waals surface area contributed by atoms with Gasteiger partial charge in [0.1, 0.15) is 0 Å². The monoisotopic (exact) mass is 288 g/mol. The molecule has 2 aromatic rings. The number of hydrogen-bond acceptors (Lipinski definition) is 3. The molecule has 1 fully saturated rings. The van der Waals surface area contributed by atoms with Crippen molar-refractivity contribution < 1.29 is 4.42 Å². The number of oxazole rings is 1. The number of aromatic nitrogens is 1. The largest absolute Gasteiger partial charge is 0.419 e. The lowest BCUT2D eigenvalue weighted by Crippen LogP contribution is -2.23. The Morgan fingerprint density at radius 1 is 1.38 bits per heavy atom. The van der Waals surface area contributed by atoms with Gasteiger partial charge in [0.2, 0.25) is 0 Å². The molecular weight excluding hydrogens is 264 g/mol. The Labute approximate surface area is 125 Å². The second-order valence-electron chi connectivity index (χ2n) is 6.06. The summed E-state index contributed by atoms with van der Waals surface area (Å²) in [4.78, 5) is 11.9. The van der Waals surface area contributed by atoms with Gasteiger partial charge in [-0.1, -0.05) is 25.8 Å². The molecular formula is C17H24N2O2. The summed E-state index contributed by atoms with van der Waals surface area (Å²) in [5.41, 5.74) is 2.85. The minimum atomic E-state index is -0.245. The summed E-state index contributed by atoms with van der Waals surface area (Å²) in [7, 11) is 2.02. The molecule has 0 saturated heterocycles. The average Bonchev–Trinajstić information content (AvgIpc) is 3.09. The van der Waals surface area contributed by atoms with Gasteiger partial charge in [-0.15, -0.1) is 0 Å². The van der Waals surface area contributed by atoms with Crippen molar-refractivity contribution in [1.82, 2.24) is 9.88 Å². The summed E-state index contributed by atoms with van der Waals surface area (Å²) < 4.78 is 7.15. The van der Waals surface area contributed by atoms with E-state index in [1.165, 1.54) is 31.2 Å². The minimum Gasteiger partial charge on any atom is -0.408 e. The Kier molecular flexibility index (Phi) is 4.15. The Morgan fingerprint density at radius 3 is 2.81 bits per heavy atom. The van der Waals surface area contributed by atoms with Gasteiger partial charge in [-0.2, -0.15) is 0 Å². The fraction of sp³-hybridized carbons (Fsp3) is 0.588. The maximum absolute atomic E-state index is 11.9. The molecule has 1 aliphatic rings.